The number of nitrogen functional groups attached to an aromatic ring is 2. The second kappa shape index (κ2) is 7.22. The summed E-state index contributed by atoms with van der Waals surface area (Å²) >= 11 is 1.64. The number of thiophene rings is 1. The number of ether oxygens (including phenoxy) is 1. The highest BCUT2D eigenvalue weighted by Crippen LogP contribution is 2.38. The molecule has 4 aromatic heterocycles. The van der Waals surface area contributed by atoms with Gasteiger partial charge in [-0.2, -0.15) is 0 Å². The molecule has 5 heterocycles. The molecule has 0 aliphatic carbocycles. The third-order valence-corrected chi connectivity index (χ3v) is 5.83. The third kappa shape index (κ3) is 3.43. The number of rotatable bonds is 3. The van der Waals surface area contributed by atoms with Gasteiger partial charge < -0.3 is 21.1 Å². The molecule has 0 spiro atoms. The number of aromatic nitrogens is 5. The van der Waals surface area contributed by atoms with Crippen molar-refractivity contribution in [3.8, 4) is 21.8 Å². The van der Waals surface area contributed by atoms with Crippen LogP contribution in [0.2, 0.25) is 0 Å². The van der Waals surface area contributed by atoms with E-state index in [0.717, 1.165) is 45.1 Å². The van der Waals surface area contributed by atoms with Gasteiger partial charge in [-0.15, -0.1) is 11.3 Å². The first-order valence-corrected chi connectivity index (χ1v) is 9.93. The molecule has 1 aliphatic rings. The molecule has 0 atom stereocenters. The Morgan fingerprint density at radius 2 is 1.69 bits per heavy atom. The van der Waals surface area contributed by atoms with Crippen LogP contribution >= 0.6 is 11.3 Å². The van der Waals surface area contributed by atoms with Gasteiger partial charge in [-0.05, 0) is 18.2 Å². The number of fused-ring (bicyclic) bond motifs is 1. The maximum Gasteiger partial charge on any atom is 0.219 e. The predicted molar refractivity (Wildman–Crippen MR) is 114 cm³/mol. The second-order valence-corrected chi connectivity index (χ2v) is 7.65. The molecule has 0 aromatic carbocycles. The topological polar surface area (TPSA) is 129 Å². The smallest absolute Gasteiger partial charge is 0.219 e. The van der Waals surface area contributed by atoms with Crippen LogP contribution in [-0.2, 0) is 4.74 Å². The number of nitrogens with zero attached hydrogens (tertiary/aromatic N) is 6. The Kier molecular flexibility index (Phi) is 4.41. The summed E-state index contributed by atoms with van der Waals surface area (Å²) in [6, 6.07) is 5.82. The molecular formula is C19H18N8OS. The molecule has 146 valence electrons. The van der Waals surface area contributed by atoms with Crippen molar-refractivity contribution >= 4 is 39.1 Å². The Morgan fingerprint density at radius 1 is 0.931 bits per heavy atom. The summed E-state index contributed by atoms with van der Waals surface area (Å²) in [4.78, 5) is 25.3. The zero-order chi connectivity index (χ0) is 19.8. The van der Waals surface area contributed by atoms with Crippen LogP contribution < -0.4 is 16.4 Å². The normalized spacial score (nSPS) is 14.4. The van der Waals surface area contributed by atoms with E-state index in [1.54, 1.807) is 36.0 Å². The van der Waals surface area contributed by atoms with E-state index in [1.807, 2.05) is 6.07 Å². The highest BCUT2D eigenvalue weighted by Gasteiger charge is 2.20. The number of nitrogens with two attached hydrogens (primary N) is 2. The van der Waals surface area contributed by atoms with E-state index in [4.69, 9.17) is 26.2 Å². The van der Waals surface area contributed by atoms with Crippen molar-refractivity contribution in [2.75, 3.05) is 42.7 Å². The second-order valence-electron chi connectivity index (χ2n) is 6.60. The molecule has 0 radical (unpaired) electrons. The van der Waals surface area contributed by atoms with Gasteiger partial charge in [0.1, 0.15) is 5.82 Å². The molecule has 29 heavy (non-hydrogen) atoms. The monoisotopic (exact) mass is 406 g/mol. The van der Waals surface area contributed by atoms with Gasteiger partial charge in [-0.3, -0.25) is 0 Å². The van der Waals surface area contributed by atoms with Gasteiger partial charge >= 0.3 is 0 Å². The first-order chi connectivity index (χ1) is 14.2. The molecule has 5 rings (SSSR count). The maximum absolute atomic E-state index is 5.73. The fraction of sp³-hybridized carbons (Fsp3) is 0.211. The van der Waals surface area contributed by atoms with Crippen molar-refractivity contribution in [3.05, 3.63) is 36.8 Å². The lowest BCUT2D eigenvalue weighted by molar-refractivity contribution is 0.122. The zero-order valence-corrected chi connectivity index (χ0v) is 16.3. The van der Waals surface area contributed by atoms with Crippen LogP contribution in [0.4, 0.5) is 17.6 Å². The molecule has 9 nitrogen and oxygen atoms in total. The van der Waals surface area contributed by atoms with E-state index < -0.39 is 0 Å². The van der Waals surface area contributed by atoms with Crippen LogP contribution in [0.3, 0.4) is 0 Å². The number of pyridine rings is 1. The first-order valence-electron chi connectivity index (χ1n) is 9.11. The fourth-order valence-corrected chi connectivity index (χ4v) is 4.28. The molecule has 1 aliphatic heterocycles. The van der Waals surface area contributed by atoms with Crippen molar-refractivity contribution in [2.45, 2.75) is 0 Å². The molecule has 4 aromatic rings. The first kappa shape index (κ1) is 17.7. The van der Waals surface area contributed by atoms with E-state index in [1.165, 1.54) is 0 Å². The number of hydrogen-bond donors (Lipinski definition) is 2. The lowest BCUT2D eigenvalue weighted by Gasteiger charge is -2.28. The van der Waals surface area contributed by atoms with E-state index in [2.05, 4.69) is 25.9 Å². The minimum atomic E-state index is 0.219. The molecule has 0 bridgehead atoms. The average molecular weight is 406 g/mol. The van der Waals surface area contributed by atoms with Crippen molar-refractivity contribution in [2.24, 2.45) is 0 Å². The summed E-state index contributed by atoms with van der Waals surface area (Å²) in [5, 5.41) is 0. The molecule has 0 saturated carbocycles. The highest BCUT2D eigenvalue weighted by atomic mass is 32.1. The van der Waals surface area contributed by atoms with Crippen LogP contribution in [0, 0.1) is 0 Å². The molecular weight excluding hydrogens is 388 g/mol. The van der Waals surface area contributed by atoms with Gasteiger partial charge in [0, 0.05) is 42.1 Å². The Labute approximate surface area is 170 Å². The van der Waals surface area contributed by atoms with E-state index in [9.17, 15) is 0 Å². The van der Waals surface area contributed by atoms with Crippen LogP contribution in [0.5, 0.6) is 0 Å². The van der Waals surface area contributed by atoms with Crippen LogP contribution in [0.1, 0.15) is 0 Å². The Bertz CT molecular complexity index is 1150. The zero-order valence-electron chi connectivity index (χ0n) is 15.4. The van der Waals surface area contributed by atoms with E-state index in [-0.39, 0.29) is 5.95 Å². The Morgan fingerprint density at radius 3 is 2.41 bits per heavy atom. The van der Waals surface area contributed by atoms with Gasteiger partial charge in [0.25, 0.3) is 0 Å². The lowest BCUT2D eigenvalue weighted by Crippen LogP contribution is -2.36. The molecule has 1 saturated heterocycles. The number of hydrogen-bond acceptors (Lipinski definition) is 10. The van der Waals surface area contributed by atoms with Gasteiger partial charge in [-0.1, -0.05) is 0 Å². The summed E-state index contributed by atoms with van der Waals surface area (Å²) < 4.78 is 6.54. The lowest BCUT2D eigenvalue weighted by atomic mass is 10.2. The summed E-state index contributed by atoms with van der Waals surface area (Å²) in [6.07, 6.45) is 5.06. The SMILES string of the molecule is Nc1ccc(-c2cc3nc(-c4cnc(N)nc4)nc(N4CCOCC4)c3s2)cn1. The third-order valence-electron chi connectivity index (χ3n) is 4.67. The summed E-state index contributed by atoms with van der Waals surface area (Å²) in [5.41, 5.74) is 13.9. The largest absolute Gasteiger partial charge is 0.384 e. The summed E-state index contributed by atoms with van der Waals surface area (Å²) in [5.74, 6) is 2.18. The fourth-order valence-electron chi connectivity index (χ4n) is 3.18. The maximum atomic E-state index is 5.73. The number of morpholine rings is 1. The molecule has 0 amide bonds. The van der Waals surface area contributed by atoms with Gasteiger partial charge in [0.2, 0.25) is 5.95 Å². The van der Waals surface area contributed by atoms with E-state index in [0.29, 0.717) is 24.9 Å². The van der Waals surface area contributed by atoms with Crippen molar-refractivity contribution in [1.82, 2.24) is 24.9 Å². The van der Waals surface area contributed by atoms with Crippen LogP contribution in [-0.4, -0.2) is 51.2 Å². The predicted octanol–water partition coefficient (Wildman–Crippen LogP) is 2.21. The van der Waals surface area contributed by atoms with Gasteiger partial charge in [0.05, 0.1) is 29.0 Å². The minimum Gasteiger partial charge on any atom is -0.384 e. The molecule has 4 N–H and O–H groups in total. The van der Waals surface area contributed by atoms with Crippen LogP contribution in [0.25, 0.3) is 32.0 Å². The van der Waals surface area contributed by atoms with Crippen molar-refractivity contribution in [1.29, 1.82) is 0 Å². The summed E-state index contributed by atoms with van der Waals surface area (Å²) in [7, 11) is 0. The molecule has 0 unspecified atom stereocenters. The van der Waals surface area contributed by atoms with Crippen molar-refractivity contribution < 1.29 is 4.74 Å². The molecule has 10 heteroatoms. The minimum absolute atomic E-state index is 0.219. The Hall–Kier alpha value is -3.37. The van der Waals surface area contributed by atoms with Gasteiger partial charge in [0.15, 0.2) is 11.6 Å². The highest BCUT2D eigenvalue weighted by molar-refractivity contribution is 7.22. The molecule has 1 fully saturated rings. The van der Waals surface area contributed by atoms with Crippen LogP contribution in [0.15, 0.2) is 36.8 Å². The van der Waals surface area contributed by atoms with E-state index >= 15 is 0 Å². The quantitative estimate of drug-likeness (QED) is 0.526. The van der Waals surface area contributed by atoms with Crippen molar-refractivity contribution in [3.63, 3.8) is 0 Å². The Balaban J connectivity index is 1.67. The average Bonchev–Trinajstić information content (AvgIpc) is 3.19. The standard InChI is InChI=1S/C19H18N8OS/c20-15-2-1-11(8-22-15)14-7-13-16(29-14)18(27-3-5-28-6-4-27)26-17(25-13)12-9-23-19(21)24-10-12/h1-2,7-10H,3-6H2,(H2,20,22)(H2,21,23,24). The summed E-state index contributed by atoms with van der Waals surface area (Å²) in [6.45, 7) is 2.90. The number of anilines is 3. The van der Waals surface area contributed by atoms with Gasteiger partial charge in [-0.25, -0.2) is 24.9 Å².